The standard InChI is InChI=1S/C33H38F3N5O3S/c1-4-8-22(5-2)16-26(29(42)19-37-18-23-9-6-10-25(15-23)33(34,35)36)40-30(43)24-12-13-38-27(17-24)32(44)41-14-7-11-28(41)31-39-21(3)20-45-31/h4-6,8-10,12-13,15,17,20,26,28-29,37,42H,7,11,14,16,18-19H2,1-3H3,(H,40,43)/b8-4-,22-5+/t26-,28+,29+/m0/s1. The van der Waals surface area contributed by atoms with Gasteiger partial charge < -0.3 is 20.6 Å². The summed E-state index contributed by atoms with van der Waals surface area (Å²) in [4.78, 5) is 37.5. The number of pyridine rings is 1. The summed E-state index contributed by atoms with van der Waals surface area (Å²) in [5.74, 6) is -0.766. The van der Waals surface area contributed by atoms with Gasteiger partial charge in [0.1, 0.15) is 10.7 Å². The second kappa shape index (κ2) is 15.4. The Kier molecular flexibility index (Phi) is 11.7. The molecule has 0 unspecified atom stereocenters. The van der Waals surface area contributed by atoms with Crippen molar-refractivity contribution in [2.24, 2.45) is 0 Å². The zero-order chi connectivity index (χ0) is 32.6. The third-order valence-corrected chi connectivity index (χ3v) is 8.67. The lowest BCUT2D eigenvalue weighted by molar-refractivity contribution is -0.137. The van der Waals surface area contributed by atoms with Gasteiger partial charge in [0.2, 0.25) is 0 Å². The van der Waals surface area contributed by atoms with Gasteiger partial charge in [-0.05, 0) is 63.8 Å². The molecule has 3 aromatic rings. The Balaban J connectivity index is 1.45. The van der Waals surface area contributed by atoms with E-state index in [9.17, 15) is 27.9 Å². The number of carbonyl (C=O) groups excluding carboxylic acids is 2. The molecule has 240 valence electrons. The van der Waals surface area contributed by atoms with E-state index < -0.39 is 29.8 Å². The van der Waals surface area contributed by atoms with E-state index in [-0.39, 0.29) is 36.3 Å². The summed E-state index contributed by atoms with van der Waals surface area (Å²) in [5, 5.41) is 19.9. The molecule has 12 heteroatoms. The molecular formula is C33H38F3N5O3S. The first kappa shape index (κ1) is 34.0. The minimum Gasteiger partial charge on any atom is -0.390 e. The molecule has 2 aromatic heterocycles. The molecule has 3 N–H and O–H groups in total. The number of halogens is 3. The fraction of sp³-hybridized carbons (Fsp3) is 0.394. The summed E-state index contributed by atoms with van der Waals surface area (Å²) in [6.45, 7) is 6.31. The predicted octanol–water partition coefficient (Wildman–Crippen LogP) is 6.00. The SMILES string of the molecule is C/C=C\C(=C/C)C[C@H](NC(=O)c1ccnc(C(=O)N2CCC[C@@H]2c2nc(C)cs2)c1)[C@H](O)CNCc1cccc(C(F)(F)F)c1. The highest BCUT2D eigenvalue weighted by Crippen LogP contribution is 2.34. The topological polar surface area (TPSA) is 107 Å². The van der Waals surface area contributed by atoms with Gasteiger partial charge in [0, 0.05) is 42.5 Å². The molecule has 0 spiro atoms. The van der Waals surface area contributed by atoms with Crippen LogP contribution in [0.4, 0.5) is 13.2 Å². The smallest absolute Gasteiger partial charge is 0.390 e. The molecule has 4 rings (SSSR count). The van der Waals surface area contributed by atoms with Gasteiger partial charge in [0.25, 0.3) is 11.8 Å². The molecule has 2 amide bonds. The number of hydrogen-bond acceptors (Lipinski definition) is 7. The van der Waals surface area contributed by atoms with Crippen LogP contribution < -0.4 is 10.6 Å². The first-order valence-electron chi connectivity index (χ1n) is 14.8. The first-order valence-corrected chi connectivity index (χ1v) is 15.7. The Morgan fingerprint density at radius 3 is 2.71 bits per heavy atom. The molecule has 0 bridgehead atoms. The number of hydrogen-bond donors (Lipinski definition) is 3. The molecule has 1 fully saturated rings. The number of aromatic nitrogens is 2. The average Bonchev–Trinajstić information content (AvgIpc) is 3.69. The second-order valence-electron chi connectivity index (χ2n) is 11.0. The summed E-state index contributed by atoms with van der Waals surface area (Å²) in [7, 11) is 0. The van der Waals surface area contributed by atoms with E-state index in [2.05, 4.69) is 20.6 Å². The van der Waals surface area contributed by atoms with Crippen LogP contribution in [-0.4, -0.2) is 57.0 Å². The van der Waals surface area contributed by atoms with Crippen molar-refractivity contribution in [3.05, 3.63) is 105 Å². The number of aryl methyl sites for hydroxylation is 1. The van der Waals surface area contributed by atoms with E-state index in [0.717, 1.165) is 41.2 Å². The monoisotopic (exact) mass is 641 g/mol. The molecule has 1 aliphatic heterocycles. The number of benzene rings is 1. The third kappa shape index (κ3) is 9.09. The van der Waals surface area contributed by atoms with Crippen LogP contribution in [-0.2, 0) is 12.7 Å². The van der Waals surface area contributed by atoms with Crippen LogP contribution >= 0.6 is 11.3 Å². The highest BCUT2D eigenvalue weighted by atomic mass is 32.1. The lowest BCUT2D eigenvalue weighted by Gasteiger charge is -2.26. The van der Waals surface area contributed by atoms with Crippen LogP contribution in [0.1, 0.15) is 81.8 Å². The molecule has 3 atom stereocenters. The molecule has 1 aliphatic rings. The number of carbonyl (C=O) groups is 2. The largest absolute Gasteiger partial charge is 0.416 e. The third-order valence-electron chi connectivity index (χ3n) is 7.60. The van der Waals surface area contributed by atoms with Crippen molar-refractivity contribution in [1.29, 1.82) is 0 Å². The van der Waals surface area contributed by atoms with Crippen molar-refractivity contribution in [3.63, 3.8) is 0 Å². The molecule has 0 aliphatic carbocycles. The van der Waals surface area contributed by atoms with Crippen LogP contribution in [0, 0.1) is 6.92 Å². The number of aliphatic hydroxyl groups excluding tert-OH is 1. The normalized spacial score (nSPS) is 17.1. The van der Waals surface area contributed by atoms with E-state index in [1.165, 1.54) is 35.7 Å². The number of thiazole rings is 1. The van der Waals surface area contributed by atoms with Gasteiger partial charge in [0.15, 0.2) is 0 Å². The summed E-state index contributed by atoms with van der Waals surface area (Å²) in [6.07, 6.45) is 3.45. The number of amides is 2. The van der Waals surface area contributed by atoms with Crippen molar-refractivity contribution in [2.45, 2.75) is 70.9 Å². The van der Waals surface area contributed by atoms with E-state index in [1.807, 2.05) is 44.4 Å². The number of nitrogens with zero attached hydrogens (tertiary/aromatic N) is 3. The molecule has 8 nitrogen and oxygen atoms in total. The number of alkyl halides is 3. The van der Waals surface area contributed by atoms with Crippen molar-refractivity contribution < 1.29 is 27.9 Å². The Labute approximate surface area is 265 Å². The lowest BCUT2D eigenvalue weighted by Crippen LogP contribution is -2.47. The maximum atomic E-state index is 13.5. The summed E-state index contributed by atoms with van der Waals surface area (Å²) in [5.41, 5.74) is 1.82. The predicted molar refractivity (Wildman–Crippen MR) is 168 cm³/mol. The average molecular weight is 642 g/mol. The van der Waals surface area contributed by atoms with Crippen molar-refractivity contribution >= 4 is 23.2 Å². The number of aliphatic hydroxyl groups is 1. The lowest BCUT2D eigenvalue weighted by atomic mass is 9.99. The van der Waals surface area contributed by atoms with Crippen LogP contribution in [0.25, 0.3) is 0 Å². The van der Waals surface area contributed by atoms with Gasteiger partial charge in [-0.25, -0.2) is 4.98 Å². The van der Waals surface area contributed by atoms with Crippen LogP contribution in [0.15, 0.2) is 71.8 Å². The molecule has 45 heavy (non-hydrogen) atoms. The summed E-state index contributed by atoms with van der Waals surface area (Å²) in [6, 6.07) is 7.07. The van der Waals surface area contributed by atoms with Crippen molar-refractivity contribution in [2.75, 3.05) is 13.1 Å². The highest BCUT2D eigenvalue weighted by molar-refractivity contribution is 7.09. The van der Waals surface area contributed by atoms with Crippen LogP contribution in [0.2, 0.25) is 0 Å². The maximum Gasteiger partial charge on any atom is 0.416 e. The fourth-order valence-electron chi connectivity index (χ4n) is 5.28. The summed E-state index contributed by atoms with van der Waals surface area (Å²) >= 11 is 1.52. The zero-order valence-corrected chi connectivity index (χ0v) is 26.3. The Hall–Kier alpha value is -3.87. The Morgan fingerprint density at radius 2 is 2.02 bits per heavy atom. The molecule has 1 aromatic carbocycles. The van der Waals surface area contributed by atoms with E-state index in [4.69, 9.17) is 0 Å². The maximum absolute atomic E-state index is 13.5. The molecule has 0 saturated carbocycles. The van der Waals surface area contributed by atoms with Crippen LogP contribution in [0.5, 0.6) is 0 Å². The van der Waals surface area contributed by atoms with E-state index in [0.29, 0.717) is 18.5 Å². The van der Waals surface area contributed by atoms with Gasteiger partial charge in [-0.2, -0.15) is 13.2 Å². The molecule has 3 heterocycles. The minimum absolute atomic E-state index is 0.0146. The number of allylic oxidation sites excluding steroid dienone is 3. The molecule has 0 radical (unpaired) electrons. The quantitative estimate of drug-likeness (QED) is 0.209. The Bertz CT molecular complexity index is 1540. The van der Waals surface area contributed by atoms with Crippen molar-refractivity contribution in [1.82, 2.24) is 25.5 Å². The molecule has 1 saturated heterocycles. The van der Waals surface area contributed by atoms with Gasteiger partial charge in [-0.1, -0.05) is 42.0 Å². The van der Waals surface area contributed by atoms with Gasteiger partial charge in [-0.15, -0.1) is 11.3 Å². The second-order valence-corrected chi connectivity index (χ2v) is 11.8. The molecular weight excluding hydrogens is 603 g/mol. The van der Waals surface area contributed by atoms with Crippen LogP contribution in [0.3, 0.4) is 0 Å². The zero-order valence-electron chi connectivity index (χ0n) is 25.5. The number of rotatable bonds is 12. The van der Waals surface area contributed by atoms with Gasteiger partial charge in [-0.3, -0.25) is 14.6 Å². The Morgan fingerprint density at radius 1 is 1.22 bits per heavy atom. The van der Waals surface area contributed by atoms with E-state index in [1.54, 1.807) is 11.0 Å². The van der Waals surface area contributed by atoms with Gasteiger partial charge in [0.05, 0.1) is 23.8 Å². The summed E-state index contributed by atoms with van der Waals surface area (Å²) < 4.78 is 39.3. The van der Waals surface area contributed by atoms with Crippen molar-refractivity contribution in [3.8, 4) is 0 Å². The highest BCUT2D eigenvalue weighted by Gasteiger charge is 2.34. The first-order chi connectivity index (χ1) is 21.5. The number of nitrogens with one attached hydrogen (secondary N) is 2. The minimum atomic E-state index is -4.45. The van der Waals surface area contributed by atoms with E-state index >= 15 is 0 Å². The number of likely N-dealkylation sites (tertiary alicyclic amines) is 1. The van der Waals surface area contributed by atoms with Gasteiger partial charge >= 0.3 is 6.18 Å². The fourth-order valence-corrected chi connectivity index (χ4v) is 6.22.